The first-order chi connectivity index (χ1) is 16.5. The summed E-state index contributed by atoms with van der Waals surface area (Å²) < 4.78 is 1.71. The third-order valence-electron chi connectivity index (χ3n) is 6.38. The Morgan fingerprint density at radius 1 is 1.00 bits per heavy atom. The summed E-state index contributed by atoms with van der Waals surface area (Å²) in [5.41, 5.74) is 5.16. The molecule has 1 aliphatic rings. The van der Waals surface area contributed by atoms with Gasteiger partial charge < -0.3 is 10.2 Å². The molecule has 0 spiro atoms. The number of nitrogens with zero attached hydrogens (tertiary/aromatic N) is 3. The topological polar surface area (TPSA) is 67.2 Å². The summed E-state index contributed by atoms with van der Waals surface area (Å²) >= 11 is 0. The van der Waals surface area contributed by atoms with Crippen LogP contribution in [0.1, 0.15) is 39.3 Å². The van der Waals surface area contributed by atoms with Gasteiger partial charge in [0.2, 0.25) is 0 Å². The largest absolute Gasteiger partial charge is 0.349 e. The van der Waals surface area contributed by atoms with Gasteiger partial charge in [0.05, 0.1) is 5.52 Å². The molecule has 4 aromatic rings. The van der Waals surface area contributed by atoms with Crippen molar-refractivity contribution in [1.29, 1.82) is 0 Å². The monoisotopic (exact) mass is 452 g/mol. The van der Waals surface area contributed by atoms with Gasteiger partial charge in [0.15, 0.2) is 5.69 Å². The van der Waals surface area contributed by atoms with E-state index >= 15 is 0 Å². The van der Waals surface area contributed by atoms with E-state index in [0.29, 0.717) is 24.3 Å². The molecule has 1 aromatic heterocycles. The number of aromatic nitrogens is 2. The van der Waals surface area contributed by atoms with E-state index in [1.54, 1.807) is 4.68 Å². The molecule has 0 radical (unpaired) electrons. The second-order valence-corrected chi connectivity index (χ2v) is 8.89. The average molecular weight is 453 g/mol. The molecule has 172 valence electrons. The number of aryl methyl sites for hydroxylation is 2. The summed E-state index contributed by atoms with van der Waals surface area (Å²) in [6.07, 6.45) is 1.99. The maximum absolute atomic E-state index is 13.6. The van der Waals surface area contributed by atoms with Crippen molar-refractivity contribution < 1.29 is 9.59 Å². The van der Waals surface area contributed by atoms with Crippen LogP contribution in [0.15, 0.2) is 72.8 Å². The zero-order valence-corrected chi connectivity index (χ0v) is 19.5. The van der Waals surface area contributed by atoms with E-state index in [2.05, 4.69) is 41.6 Å². The predicted octanol–water partition coefficient (Wildman–Crippen LogP) is 4.58. The molecule has 0 bridgehead atoms. The van der Waals surface area contributed by atoms with Gasteiger partial charge in [-0.1, -0.05) is 66.2 Å². The Balaban J connectivity index is 1.31. The highest BCUT2D eigenvalue weighted by molar-refractivity contribution is 6.05. The van der Waals surface area contributed by atoms with Gasteiger partial charge in [-0.2, -0.15) is 5.10 Å². The molecule has 3 aromatic carbocycles. The number of amides is 2. The molecule has 1 aliphatic carbocycles. The van der Waals surface area contributed by atoms with Crippen molar-refractivity contribution in [1.82, 2.24) is 20.0 Å². The number of rotatable bonds is 7. The lowest BCUT2D eigenvalue weighted by Crippen LogP contribution is -2.40. The third-order valence-corrected chi connectivity index (χ3v) is 6.38. The Labute approximate surface area is 199 Å². The second kappa shape index (κ2) is 9.14. The molecule has 1 N–H and O–H groups in total. The molecule has 1 fully saturated rings. The molecule has 1 heterocycles. The molecular formula is C28H28N4O2. The van der Waals surface area contributed by atoms with E-state index in [0.717, 1.165) is 34.9 Å². The van der Waals surface area contributed by atoms with Crippen LogP contribution in [0.2, 0.25) is 0 Å². The summed E-state index contributed by atoms with van der Waals surface area (Å²) in [6, 6.07) is 23.9. The zero-order chi connectivity index (χ0) is 23.7. The molecule has 0 atom stereocenters. The third kappa shape index (κ3) is 4.31. The molecule has 5 rings (SSSR count). The Kier molecular flexibility index (Phi) is 5.88. The molecule has 6 nitrogen and oxygen atoms in total. The first-order valence-electron chi connectivity index (χ1n) is 11.7. The highest BCUT2D eigenvalue weighted by Gasteiger charge is 2.33. The van der Waals surface area contributed by atoms with E-state index in [1.807, 2.05) is 60.5 Å². The number of fused-ring (bicyclic) bond motifs is 1. The van der Waals surface area contributed by atoms with Crippen LogP contribution in [0.4, 0.5) is 0 Å². The Bertz CT molecular complexity index is 1350. The van der Waals surface area contributed by atoms with Crippen LogP contribution in [0.25, 0.3) is 22.0 Å². The molecule has 0 aliphatic heterocycles. The lowest BCUT2D eigenvalue weighted by atomic mass is 9.98. The Morgan fingerprint density at radius 2 is 1.71 bits per heavy atom. The highest BCUT2D eigenvalue weighted by atomic mass is 16.2. The Hall–Kier alpha value is -3.93. The number of nitrogens with one attached hydrogen (secondary N) is 1. The van der Waals surface area contributed by atoms with Crippen molar-refractivity contribution in [3.05, 3.63) is 89.6 Å². The van der Waals surface area contributed by atoms with Gasteiger partial charge in [-0.25, -0.2) is 0 Å². The van der Waals surface area contributed by atoms with Gasteiger partial charge in [-0.05, 0) is 43.0 Å². The summed E-state index contributed by atoms with van der Waals surface area (Å²) in [6.45, 7) is 2.89. The van der Waals surface area contributed by atoms with Crippen molar-refractivity contribution in [2.45, 2.75) is 25.8 Å². The molecule has 0 unspecified atom stereocenters. The fourth-order valence-corrected chi connectivity index (χ4v) is 4.40. The van der Waals surface area contributed by atoms with Crippen LogP contribution in [-0.2, 0) is 7.05 Å². The SMILES string of the molecule is Cc1ccc(-c2ccccc2C(=O)N(CCNC(=O)c2nn(C)c3ccccc23)C2CC2)cc1. The van der Waals surface area contributed by atoms with Gasteiger partial charge in [-0.3, -0.25) is 14.3 Å². The van der Waals surface area contributed by atoms with Crippen LogP contribution in [0.5, 0.6) is 0 Å². The number of hydrogen-bond acceptors (Lipinski definition) is 3. The van der Waals surface area contributed by atoms with Gasteiger partial charge >= 0.3 is 0 Å². The highest BCUT2D eigenvalue weighted by Crippen LogP contribution is 2.31. The van der Waals surface area contributed by atoms with Crippen molar-refractivity contribution in [3.8, 4) is 11.1 Å². The maximum atomic E-state index is 13.6. The first kappa shape index (κ1) is 21.9. The fraction of sp³-hybridized carbons (Fsp3) is 0.250. The number of para-hydroxylation sites is 1. The molecule has 1 saturated carbocycles. The van der Waals surface area contributed by atoms with E-state index in [9.17, 15) is 9.59 Å². The summed E-state index contributed by atoms with van der Waals surface area (Å²) in [5, 5.41) is 8.18. The minimum atomic E-state index is -0.222. The minimum Gasteiger partial charge on any atom is -0.349 e. The summed E-state index contributed by atoms with van der Waals surface area (Å²) in [5.74, 6) is -0.212. The molecule has 6 heteroatoms. The quantitative estimate of drug-likeness (QED) is 0.446. The standard InChI is InChI=1S/C28H28N4O2/c1-19-11-13-20(14-12-19)22-7-3-4-8-23(22)28(34)32(21-15-16-21)18-17-29-27(33)26-24-9-5-6-10-25(24)31(2)30-26/h3-14,21H,15-18H2,1-2H3,(H,29,33). The first-order valence-corrected chi connectivity index (χ1v) is 11.7. The number of carbonyl (C=O) groups is 2. The molecule has 0 saturated heterocycles. The van der Waals surface area contributed by atoms with Crippen LogP contribution in [0.3, 0.4) is 0 Å². The number of hydrogen-bond donors (Lipinski definition) is 1. The minimum absolute atomic E-state index is 0.0104. The predicted molar refractivity (Wildman–Crippen MR) is 134 cm³/mol. The lowest BCUT2D eigenvalue weighted by molar-refractivity contribution is 0.0737. The van der Waals surface area contributed by atoms with Crippen LogP contribution in [-0.4, -0.2) is 45.6 Å². The lowest BCUT2D eigenvalue weighted by Gasteiger charge is -2.24. The van der Waals surface area contributed by atoms with Gasteiger partial charge in [0.1, 0.15) is 0 Å². The second-order valence-electron chi connectivity index (χ2n) is 8.89. The average Bonchev–Trinajstić information content (AvgIpc) is 3.65. The molecule has 34 heavy (non-hydrogen) atoms. The van der Waals surface area contributed by atoms with E-state index in [1.165, 1.54) is 5.56 Å². The number of carbonyl (C=O) groups excluding carboxylic acids is 2. The number of benzene rings is 3. The van der Waals surface area contributed by atoms with Crippen molar-refractivity contribution in [2.24, 2.45) is 7.05 Å². The van der Waals surface area contributed by atoms with E-state index < -0.39 is 0 Å². The molecular weight excluding hydrogens is 424 g/mol. The van der Waals surface area contributed by atoms with Crippen LogP contribution < -0.4 is 5.32 Å². The maximum Gasteiger partial charge on any atom is 0.272 e. The van der Waals surface area contributed by atoms with Crippen LogP contribution >= 0.6 is 0 Å². The van der Waals surface area contributed by atoms with Gasteiger partial charge in [0.25, 0.3) is 11.8 Å². The van der Waals surface area contributed by atoms with Crippen LogP contribution in [0, 0.1) is 6.92 Å². The van der Waals surface area contributed by atoms with Gasteiger partial charge in [-0.15, -0.1) is 0 Å². The van der Waals surface area contributed by atoms with E-state index in [-0.39, 0.29) is 17.9 Å². The van der Waals surface area contributed by atoms with Crippen molar-refractivity contribution >= 4 is 22.7 Å². The summed E-state index contributed by atoms with van der Waals surface area (Å²) in [4.78, 5) is 28.4. The van der Waals surface area contributed by atoms with Gasteiger partial charge in [0, 0.05) is 37.1 Å². The molecule has 2 amide bonds. The normalized spacial score (nSPS) is 13.1. The summed E-state index contributed by atoms with van der Waals surface area (Å²) in [7, 11) is 1.83. The Morgan fingerprint density at radius 3 is 2.47 bits per heavy atom. The smallest absolute Gasteiger partial charge is 0.272 e. The zero-order valence-electron chi connectivity index (χ0n) is 19.5. The van der Waals surface area contributed by atoms with Crippen molar-refractivity contribution in [2.75, 3.05) is 13.1 Å². The fourth-order valence-electron chi connectivity index (χ4n) is 4.40. The van der Waals surface area contributed by atoms with Crippen molar-refractivity contribution in [3.63, 3.8) is 0 Å². The van der Waals surface area contributed by atoms with E-state index in [4.69, 9.17) is 0 Å².